The van der Waals surface area contributed by atoms with Gasteiger partial charge in [0.05, 0.1) is 10.7 Å². The Morgan fingerprint density at radius 2 is 1.69 bits per heavy atom. The second-order valence-corrected chi connectivity index (χ2v) is 8.51. The van der Waals surface area contributed by atoms with Crippen molar-refractivity contribution in [2.75, 3.05) is 29.9 Å². The van der Waals surface area contributed by atoms with Gasteiger partial charge in [0.1, 0.15) is 5.75 Å². The van der Waals surface area contributed by atoms with Crippen molar-refractivity contribution in [1.29, 1.82) is 0 Å². The highest BCUT2D eigenvalue weighted by atomic mass is 35.5. The van der Waals surface area contributed by atoms with Crippen LogP contribution >= 0.6 is 23.2 Å². The Labute approximate surface area is 197 Å². The number of anilines is 2. The van der Waals surface area contributed by atoms with Crippen molar-refractivity contribution in [2.45, 2.75) is 25.7 Å². The lowest BCUT2D eigenvalue weighted by Crippen LogP contribution is -2.25. The summed E-state index contributed by atoms with van der Waals surface area (Å²) in [4.78, 5) is 14.5. The minimum Gasteiger partial charge on any atom is -0.482 e. The number of carbonyl (C=O) groups excluding carboxylic acids is 1. The van der Waals surface area contributed by atoms with Crippen molar-refractivity contribution in [1.82, 2.24) is 10.2 Å². The molecule has 6 nitrogen and oxygen atoms in total. The lowest BCUT2D eigenvalue weighted by molar-refractivity contribution is -0.118. The smallest absolute Gasteiger partial charge is 0.262 e. The number of hydrogen-bond donors (Lipinski definition) is 1. The molecule has 1 fully saturated rings. The number of aromatic nitrogens is 2. The van der Waals surface area contributed by atoms with Crippen LogP contribution in [0.2, 0.25) is 10.0 Å². The fourth-order valence-corrected chi connectivity index (χ4v) is 3.93. The Bertz CT molecular complexity index is 1050. The predicted molar refractivity (Wildman–Crippen MR) is 129 cm³/mol. The van der Waals surface area contributed by atoms with Crippen LogP contribution in [0.1, 0.15) is 25.7 Å². The molecule has 0 aliphatic carbocycles. The fourth-order valence-electron chi connectivity index (χ4n) is 3.60. The van der Waals surface area contributed by atoms with Gasteiger partial charge in [-0.15, -0.1) is 10.2 Å². The van der Waals surface area contributed by atoms with E-state index in [1.54, 1.807) is 18.2 Å². The van der Waals surface area contributed by atoms with Crippen LogP contribution in [0.3, 0.4) is 0 Å². The molecule has 166 valence electrons. The predicted octanol–water partition coefficient (Wildman–Crippen LogP) is 5.85. The molecule has 0 spiro atoms. The number of halogens is 2. The van der Waals surface area contributed by atoms with Crippen LogP contribution in [-0.4, -0.2) is 35.8 Å². The molecular weight excluding hydrogens is 447 g/mol. The summed E-state index contributed by atoms with van der Waals surface area (Å²) in [6.45, 7) is 1.90. The molecule has 1 amide bonds. The molecule has 1 N–H and O–H groups in total. The van der Waals surface area contributed by atoms with Crippen molar-refractivity contribution in [3.05, 3.63) is 64.6 Å². The molecule has 0 radical (unpaired) electrons. The molecule has 1 saturated heterocycles. The van der Waals surface area contributed by atoms with Gasteiger partial charge < -0.3 is 15.0 Å². The molecule has 32 heavy (non-hydrogen) atoms. The number of amides is 1. The lowest BCUT2D eigenvalue weighted by Gasteiger charge is -2.20. The number of hydrogen-bond acceptors (Lipinski definition) is 5. The van der Waals surface area contributed by atoms with Crippen LogP contribution < -0.4 is 15.0 Å². The summed E-state index contributed by atoms with van der Waals surface area (Å²) in [7, 11) is 0. The van der Waals surface area contributed by atoms with Crippen LogP contribution in [0.5, 0.6) is 5.75 Å². The molecule has 1 aliphatic heterocycles. The molecule has 1 aliphatic rings. The summed E-state index contributed by atoms with van der Waals surface area (Å²) >= 11 is 12.0. The van der Waals surface area contributed by atoms with E-state index in [0.717, 1.165) is 30.2 Å². The topological polar surface area (TPSA) is 67.3 Å². The minimum absolute atomic E-state index is 0.175. The highest BCUT2D eigenvalue weighted by molar-refractivity contribution is 6.34. The van der Waals surface area contributed by atoms with E-state index in [2.05, 4.69) is 20.4 Å². The second-order valence-electron chi connectivity index (χ2n) is 7.67. The standard InChI is InChI=1S/C24H24Cl2N4O2/c25-18-7-10-20(26)22(15-18)32-16-24(31)27-19-8-5-17(6-9-19)21-11-12-23(29-28-21)30-13-3-1-2-4-14-30/h5-12,15H,1-4,13-14,16H2,(H,27,31). The first-order valence-corrected chi connectivity index (χ1v) is 11.4. The van der Waals surface area contributed by atoms with Gasteiger partial charge in [-0.2, -0.15) is 0 Å². The van der Waals surface area contributed by atoms with Gasteiger partial charge in [0.15, 0.2) is 12.4 Å². The maximum absolute atomic E-state index is 12.2. The van der Waals surface area contributed by atoms with Gasteiger partial charge in [-0.05, 0) is 49.2 Å². The molecular formula is C24H24Cl2N4O2. The summed E-state index contributed by atoms with van der Waals surface area (Å²) in [5, 5.41) is 12.5. The quantitative estimate of drug-likeness (QED) is 0.489. The monoisotopic (exact) mass is 470 g/mol. The average Bonchev–Trinajstić information content (AvgIpc) is 3.10. The zero-order chi connectivity index (χ0) is 22.3. The Morgan fingerprint density at radius 1 is 0.938 bits per heavy atom. The Morgan fingerprint density at radius 3 is 2.38 bits per heavy atom. The van der Waals surface area contributed by atoms with Gasteiger partial charge in [0, 0.05) is 35.4 Å². The first kappa shape index (κ1) is 22.4. The van der Waals surface area contributed by atoms with Crippen molar-refractivity contribution >= 4 is 40.6 Å². The number of carbonyl (C=O) groups is 1. The third-order valence-corrected chi connectivity index (χ3v) is 5.84. The molecule has 0 atom stereocenters. The van der Waals surface area contributed by atoms with E-state index in [-0.39, 0.29) is 12.5 Å². The van der Waals surface area contributed by atoms with E-state index in [4.69, 9.17) is 27.9 Å². The van der Waals surface area contributed by atoms with Crippen LogP contribution in [0.15, 0.2) is 54.6 Å². The molecule has 2 aromatic carbocycles. The van der Waals surface area contributed by atoms with E-state index in [1.165, 1.54) is 25.7 Å². The average molecular weight is 471 g/mol. The zero-order valence-electron chi connectivity index (χ0n) is 17.6. The summed E-state index contributed by atoms with van der Waals surface area (Å²) in [6.07, 6.45) is 4.97. The largest absolute Gasteiger partial charge is 0.482 e. The molecule has 0 unspecified atom stereocenters. The normalized spacial score (nSPS) is 14.0. The van der Waals surface area contributed by atoms with Crippen LogP contribution in [0.4, 0.5) is 11.5 Å². The van der Waals surface area contributed by atoms with Crippen LogP contribution in [-0.2, 0) is 4.79 Å². The van der Waals surface area contributed by atoms with Crippen LogP contribution in [0, 0.1) is 0 Å². The minimum atomic E-state index is -0.296. The van der Waals surface area contributed by atoms with Gasteiger partial charge in [-0.3, -0.25) is 4.79 Å². The summed E-state index contributed by atoms with van der Waals surface area (Å²) < 4.78 is 5.46. The first-order chi connectivity index (χ1) is 15.6. The Hall–Kier alpha value is -2.83. The zero-order valence-corrected chi connectivity index (χ0v) is 19.1. The third kappa shape index (κ3) is 5.90. The van der Waals surface area contributed by atoms with E-state index >= 15 is 0 Å². The highest BCUT2D eigenvalue weighted by Gasteiger charge is 2.12. The van der Waals surface area contributed by atoms with Gasteiger partial charge in [0.25, 0.3) is 5.91 Å². The molecule has 8 heteroatoms. The van der Waals surface area contributed by atoms with Crippen molar-refractivity contribution in [2.24, 2.45) is 0 Å². The van der Waals surface area contributed by atoms with Crippen molar-refractivity contribution in [3.8, 4) is 17.0 Å². The maximum Gasteiger partial charge on any atom is 0.262 e. The van der Waals surface area contributed by atoms with E-state index in [1.807, 2.05) is 36.4 Å². The Kier molecular flexibility index (Phi) is 7.45. The van der Waals surface area contributed by atoms with Crippen molar-refractivity contribution in [3.63, 3.8) is 0 Å². The molecule has 0 bridgehead atoms. The number of nitrogens with one attached hydrogen (secondary N) is 1. The molecule has 1 aromatic heterocycles. The fraction of sp³-hybridized carbons (Fsp3) is 0.292. The van der Waals surface area contributed by atoms with E-state index in [9.17, 15) is 4.79 Å². The van der Waals surface area contributed by atoms with Gasteiger partial charge in [-0.25, -0.2) is 0 Å². The maximum atomic E-state index is 12.2. The molecule has 2 heterocycles. The van der Waals surface area contributed by atoms with E-state index in [0.29, 0.717) is 21.5 Å². The van der Waals surface area contributed by atoms with Gasteiger partial charge >= 0.3 is 0 Å². The number of benzene rings is 2. The molecule has 3 aromatic rings. The third-order valence-electron chi connectivity index (χ3n) is 5.30. The number of ether oxygens (including phenoxy) is 1. The summed E-state index contributed by atoms with van der Waals surface area (Å²) in [5.41, 5.74) is 2.38. The lowest BCUT2D eigenvalue weighted by atomic mass is 10.1. The summed E-state index contributed by atoms with van der Waals surface area (Å²) in [6, 6.07) is 16.3. The number of nitrogens with zero attached hydrogens (tertiary/aromatic N) is 3. The second kappa shape index (κ2) is 10.7. The highest BCUT2D eigenvalue weighted by Crippen LogP contribution is 2.28. The SMILES string of the molecule is O=C(COc1cc(Cl)ccc1Cl)Nc1ccc(-c2ccc(N3CCCCCC3)nn2)cc1. The van der Waals surface area contributed by atoms with Crippen LogP contribution in [0.25, 0.3) is 11.3 Å². The number of rotatable bonds is 6. The molecule has 4 rings (SSSR count). The van der Waals surface area contributed by atoms with Gasteiger partial charge in [0.2, 0.25) is 0 Å². The van der Waals surface area contributed by atoms with Crippen molar-refractivity contribution < 1.29 is 9.53 Å². The van der Waals surface area contributed by atoms with E-state index < -0.39 is 0 Å². The van der Waals surface area contributed by atoms with Gasteiger partial charge in [-0.1, -0.05) is 48.2 Å². The first-order valence-electron chi connectivity index (χ1n) is 10.7. The molecule has 0 saturated carbocycles. The Balaban J connectivity index is 1.33. The summed E-state index contributed by atoms with van der Waals surface area (Å²) in [5.74, 6) is 1.00.